The van der Waals surface area contributed by atoms with Gasteiger partial charge >= 0.3 is 0 Å². The van der Waals surface area contributed by atoms with Gasteiger partial charge in [0, 0.05) is 18.6 Å². The van der Waals surface area contributed by atoms with Crippen molar-refractivity contribution in [1.29, 1.82) is 0 Å². The van der Waals surface area contributed by atoms with Crippen LogP contribution in [-0.2, 0) is 7.05 Å². The standard InChI is InChI=1S/C6H8N2S/c1-5-7-6(4-9)3-8(5)2/h3-4H,1-2H3. The Morgan fingerprint density at radius 1 is 1.78 bits per heavy atom. The lowest BCUT2D eigenvalue weighted by Crippen LogP contribution is -1.86. The van der Waals surface area contributed by atoms with Crippen LogP contribution < -0.4 is 0 Å². The van der Waals surface area contributed by atoms with Gasteiger partial charge in [-0.25, -0.2) is 4.98 Å². The molecule has 0 unspecified atom stereocenters. The average Bonchev–Trinajstić information content (AvgIpc) is 2.13. The van der Waals surface area contributed by atoms with Gasteiger partial charge in [0.25, 0.3) is 0 Å². The zero-order valence-electron chi connectivity index (χ0n) is 5.46. The van der Waals surface area contributed by atoms with Crippen molar-refractivity contribution in [2.24, 2.45) is 7.05 Å². The molecule has 0 aliphatic heterocycles. The van der Waals surface area contributed by atoms with Gasteiger partial charge in [-0.3, -0.25) is 0 Å². The van der Waals surface area contributed by atoms with Gasteiger partial charge in [0.1, 0.15) is 5.82 Å². The number of thiocarbonyl (C=S) groups is 1. The molecule has 0 amide bonds. The first-order valence-electron chi connectivity index (χ1n) is 2.69. The fraction of sp³-hybridized carbons (Fsp3) is 0.333. The summed E-state index contributed by atoms with van der Waals surface area (Å²) >= 11 is 4.69. The summed E-state index contributed by atoms with van der Waals surface area (Å²) in [5, 5.41) is 1.58. The van der Waals surface area contributed by atoms with Gasteiger partial charge in [-0.05, 0) is 6.92 Å². The highest BCUT2D eigenvalue weighted by Crippen LogP contribution is 1.95. The summed E-state index contributed by atoms with van der Waals surface area (Å²) in [5.41, 5.74) is 0.866. The minimum absolute atomic E-state index is 0.866. The van der Waals surface area contributed by atoms with E-state index in [1.165, 1.54) is 0 Å². The van der Waals surface area contributed by atoms with Crippen molar-refractivity contribution >= 4 is 17.6 Å². The number of aryl methyl sites for hydroxylation is 2. The summed E-state index contributed by atoms with van der Waals surface area (Å²) < 4.78 is 1.94. The molecule has 0 N–H and O–H groups in total. The topological polar surface area (TPSA) is 17.8 Å². The molecule has 0 spiro atoms. The molecule has 1 heterocycles. The Bertz CT molecular complexity index is 207. The van der Waals surface area contributed by atoms with Crippen LogP contribution in [-0.4, -0.2) is 14.9 Å². The predicted molar refractivity (Wildman–Crippen MR) is 40.7 cm³/mol. The molecule has 1 aromatic heterocycles. The Labute approximate surface area is 59.5 Å². The maximum Gasteiger partial charge on any atom is 0.106 e. The van der Waals surface area contributed by atoms with Gasteiger partial charge in [-0.15, -0.1) is 0 Å². The van der Waals surface area contributed by atoms with Crippen LogP contribution in [0.2, 0.25) is 0 Å². The SMILES string of the molecule is Cc1nc(C=S)cn1C. The largest absolute Gasteiger partial charge is 0.338 e. The van der Waals surface area contributed by atoms with Gasteiger partial charge in [-0.2, -0.15) is 0 Å². The zero-order valence-corrected chi connectivity index (χ0v) is 6.27. The lowest BCUT2D eigenvalue weighted by molar-refractivity contribution is 0.858. The molecule has 0 atom stereocenters. The van der Waals surface area contributed by atoms with E-state index < -0.39 is 0 Å². The van der Waals surface area contributed by atoms with E-state index >= 15 is 0 Å². The van der Waals surface area contributed by atoms with Crippen molar-refractivity contribution in [1.82, 2.24) is 9.55 Å². The highest BCUT2D eigenvalue weighted by molar-refractivity contribution is 7.79. The molecule has 48 valence electrons. The molecule has 0 radical (unpaired) electrons. The van der Waals surface area contributed by atoms with Crippen LogP contribution in [0, 0.1) is 6.92 Å². The van der Waals surface area contributed by atoms with Gasteiger partial charge in [0.05, 0.1) is 5.69 Å². The quantitative estimate of drug-likeness (QED) is 0.543. The van der Waals surface area contributed by atoms with E-state index in [0.29, 0.717) is 0 Å². The molecule has 0 aliphatic carbocycles. The first-order valence-corrected chi connectivity index (χ1v) is 3.16. The fourth-order valence-electron chi connectivity index (χ4n) is 0.643. The van der Waals surface area contributed by atoms with E-state index in [4.69, 9.17) is 12.2 Å². The highest BCUT2D eigenvalue weighted by Gasteiger charge is 1.94. The predicted octanol–water partition coefficient (Wildman–Crippen LogP) is 1.08. The second kappa shape index (κ2) is 2.27. The molecule has 0 fully saturated rings. The number of rotatable bonds is 1. The third-order valence-corrected chi connectivity index (χ3v) is 1.49. The van der Waals surface area contributed by atoms with E-state index in [1.54, 1.807) is 5.37 Å². The van der Waals surface area contributed by atoms with Crippen molar-refractivity contribution in [3.8, 4) is 0 Å². The fourth-order valence-corrected chi connectivity index (χ4v) is 0.757. The van der Waals surface area contributed by atoms with Crippen molar-refractivity contribution in [3.63, 3.8) is 0 Å². The van der Waals surface area contributed by atoms with E-state index in [-0.39, 0.29) is 0 Å². The number of hydrogen-bond acceptors (Lipinski definition) is 2. The maximum atomic E-state index is 4.69. The molecule has 0 bridgehead atoms. The molecular weight excluding hydrogens is 132 g/mol. The monoisotopic (exact) mass is 140 g/mol. The molecule has 1 rings (SSSR count). The van der Waals surface area contributed by atoms with Crippen LogP contribution in [0.3, 0.4) is 0 Å². The van der Waals surface area contributed by atoms with Crippen LogP contribution in [0.1, 0.15) is 11.5 Å². The van der Waals surface area contributed by atoms with Crippen molar-refractivity contribution in [2.45, 2.75) is 6.92 Å². The van der Waals surface area contributed by atoms with E-state index in [0.717, 1.165) is 11.5 Å². The van der Waals surface area contributed by atoms with Crippen LogP contribution in [0.15, 0.2) is 6.20 Å². The Morgan fingerprint density at radius 3 is 2.67 bits per heavy atom. The number of aromatic nitrogens is 2. The minimum Gasteiger partial charge on any atom is -0.338 e. The molecule has 0 saturated carbocycles. The number of imidazole rings is 1. The Balaban J connectivity index is 3.11. The van der Waals surface area contributed by atoms with Gasteiger partial charge < -0.3 is 4.57 Å². The van der Waals surface area contributed by atoms with E-state index in [1.807, 2.05) is 24.7 Å². The highest BCUT2D eigenvalue weighted by atomic mass is 32.1. The molecular formula is C6H8N2S. The van der Waals surface area contributed by atoms with Gasteiger partial charge in [0.2, 0.25) is 0 Å². The molecule has 0 saturated heterocycles. The summed E-state index contributed by atoms with van der Waals surface area (Å²) in [6.45, 7) is 1.95. The van der Waals surface area contributed by atoms with E-state index in [2.05, 4.69) is 4.98 Å². The van der Waals surface area contributed by atoms with Crippen LogP contribution in [0.25, 0.3) is 0 Å². The zero-order chi connectivity index (χ0) is 6.85. The van der Waals surface area contributed by atoms with Gasteiger partial charge in [0.15, 0.2) is 0 Å². The second-order valence-electron chi connectivity index (χ2n) is 1.94. The van der Waals surface area contributed by atoms with Crippen LogP contribution >= 0.6 is 12.2 Å². The lowest BCUT2D eigenvalue weighted by atomic mass is 10.6. The summed E-state index contributed by atoms with van der Waals surface area (Å²) in [4.78, 5) is 4.13. The molecule has 2 nitrogen and oxygen atoms in total. The summed E-state index contributed by atoms with van der Waals surface area (Å²) in [7, 11) is 1.95. The summed E-state index contributed by atoms with van der Waals surface area (Å²) in [6, 6.07) is 0. The summed E-state index contributed by atoms with van der Waals surface area (Å²) in [6.07, 6.45) is 1.91. The van der Waals surface area contributed by atoms with Crippen molar-refractivity contribution < 1.29 is 0 Å². The number of hydrogen-bond donors (Lipinski definition) is 0. The smallest absolute Gasteiger partial charge is 0.106 e. The third kappa shape index (κ3) is 1.16. The average molecular weight is 140 g/mol. The number of nitrogens with zero attached hydrogens (tertiary/aromatic N) is 2. The molecule has 0 aliphatic rings. The van der Waals surface area contributed by atoms with Gasteiger partial charge in [-0.1, -0.05) is 12.2 Å². The van der Waals surface area contributed by atoms with E-state index in [9.17, 15) is 0 Å². The third-order valence-electron chi connectivity index (χ3n) is 1.25. The second-order valence-corrected chi connectivity index (χ2v) is 2.18. The normalized spacial score (nSPS) is 9.56. The first kappa shape index (κ1) is 6.42. The van der Waals surface area contributed by atoms with Crippen molar-refractivity contribution in [3.05, 3.63) is 17.7 Å². The first-order chi connectivity index (χ1) is 4.24. The Hall–Kier alpha value is -0.700. The maximum absolute atomic E-state index is 4.69. The molecule has 0 aromatic carbocycles. The minimum atomic E-state index is 0.866. The summed E-state index contributed by atoms with van der Waals surface area (Å²) in [5.74, 6) is 0.992. The Kier molecular flexibility index (Phi) is 1.62. The lowest BCUT2D eigenvalue weighted by Gasteiger charge is -1.87. The Morgan fingerprint density at radius 2 is 2.44 bits per heavy atom. The molecule has 3 heteroatoms. The van der Waals surface area contributed by atoms with Crippen molar-refractivity contribution in [2.75, 3.05) is 0 Å². The van der Waals surface area contributed by atoms with Crippen LogP contribution in [0.4, 0.5) is 0 Å². The van der Waals surface area contributed by atoms with Crippen LogP contribution in [0.5, 0.6) is 0 Å². The molecule has 1 aromatic rings. The molecule has 9 heavy (non-hydrogen) atoms.